The second kappa shape index (κ2) is 12.2. The van der Waals surface area contributed by atoms with Crippen LogP contribution in [0, 0.1) is 0 Å². The van der Waals surface area contributed by atoms with E-state index in [2.05, 4.69) is 12.2 Å². The zero-order chi connectivity index (χ0) is 12.1. The van der Waals surface area contributed by atoms with Gasteiger partial charge in [-0.3, -0.25) is 4.79 Å². The van der Waals surface area contributed by atoms with Crippen LogP contribution in [0.5, 0.6) is 0 Å². The van der Waals surface area contributed by atoms with Crippen molar-refractivity contribution in [1.29, 1.82) is 0 Å². The topological polar surface area (TPSA) is 49.3 Å². The Balaban J connectivity index is 3.23. The maximum atomic E-state index is 11.1. The first-order valence-corrected chi connectivity index (χ1v) is 6.36. The van der Waals surface area contributed by atoms with Gasteiger partial charge in [-0.25, -0.2) is 0 Å². The third-order valence-corrected chi connectivity index (χ3v) is 2.40. The Morgan fingerprint density at radius 3 is 2.56 bits per heavy atom. The van der Waals surface area contributed by atoms with Crippen molar-refractivity contribution in [2.24, 2.45) is 0 Å². The average molecular weight is 227 g/mol. The normalized spacial score (nSPS) is 10.9. The van der Waals surface area contributed by atoms with E-state index in [-0.39, 0.29) is 12.5 Å². The van der Waals surface area contributed by atoms with E-state index < -0.39 is 0 Å². The minimum absolute atomic E-state index is 0.00297. The zero-order valence-corrected chi connectivity index (χ0v) is 10.4. The number of nitrogens with one attached hydrogen (secondary N) is 1. The van der Waals surface area contributed by atoms with Crippen LogP contribution < -0.4 is 5.32 Å². The molecule has 0 fully saturated rings. The Morgan fingerprint density at radius 1 is 1.19 bits per heavy atom. The SMILES string of the molecule is CCCCCCCCC=CC(=O)NCCO. The second-order valence-electron chi connectivity index (χ2n) is 3.97. The van der Waals surface area contributed by atoms with Crippen LogP contribution in [-0.4, -0.2) is 24.2 Å². The van der Waals surface area contributed by atoms with Crippen molar-refractivity contribution >= 4 is 5.91 Å². The minimum Gasteiger partial charge on any atom is -0.395 e. The molecular weight excluding hydrogens is 202 g/mol. The molecule has 0 spiro atoms. The molecule has 16 heavy (non-hydrogen) atoms. The van der Waals surface area contributed by atoms with Crippen LogP contribution in [0.3, 0.4) is 0 Å². The summed E-state index contributed by atoms with van der Waals surface area (Å²) in [5.74, 6) is -0.111. The highest BCUT2D eigenvalue weighted by Gasteiger charge is 1.92. The summed E-state index contributed by atoms with van der Waals surface area (Å²) in [7, 11) is 0. The highest BCUT2D eigenvalue weighted by atomic mass is 16.3. The van der Waals surface area contributed by atoms with Crippen LogP contribution in [0.1, 0.15) is 51.9 Å². The van der Waals surface area contributed by atoms with Gasteiger partial charge >= 0.3 is 0 Å². The Bertz CT molecular complexity index is 190. The van der Waals surface area contributed by atoms with Crippen LogP contribution in [0.15, 0.2) is 12.2 Å². The number of aliphatic hydroxyl groups excluding tert-OH is 1. The molecule has 3 heteroatoms. The zero-order valence-electron chi connectivity index (χ0n) is 10.4. The van der Waals surface area contributed by atoms with Crippen LogP contribution >= 0.6 is 0 Å². The summed E-state index contributed by atoms with van der Waals surface area (Å²) in [5.41, 5.74) is 0. The van der Waals surface area contributed by atoms with Gasteiger partial charge in [-0.2, -0.15) is 0 Å². The molecule has 0 atom stereocenters. The summed E-state index contributed by atoms with van der Waals surface area (Å²) in [6, 6.07) is 0. The smallest absolute Gasteiger partial charge is 0.243 e. The first-order chi connectivity index (χ1) is 7.81. The van der Waals surface area contributed by atoms with Gasteiger partial charge in [0.1, 0.15) is 0 Å². The van der Waals surface area contributed by atoms with Gasteiger partial charge in [0.05, 0.1) is 6.61 Å². The van der Waals surface area contributed by atoms with Crippen molar-refractivity contribution in [3.05, 3.63) is 12.2 Å². The fourth-order valence-corrected chi connectivity index (χ4v) is 1.47. The maximum Gasteiger partial charge on any atom is 0.243 e. The molecule has 0 saturated heterocycles. The molecule has 0 aromatic heterocycles. The van der Waals surface area contributed by atoms with E-state index in [0.29, 0.717) is 6.54 Å². The molecule has 2 N–H and O–H groups in total. The average Bonchev–Trinajstić information content (AvgIpc) is 2.30. The molecule has 0 aliphatic rings. The van der Waals surface area contributed by atoms with E-state index >= 15 is 0 Å². The van der Waals surface area contributed by atoms with Gasteiger partial charge in [-0.15, -0.1) is 0 Å². The molecule has 94 valence electrons. The Labute approximate surface area is 98.9 Å². The van der Waals surface area contributed by atoms with E-state index in [4.69, 9.17) is 5.11 Å². The summed E-state index contributed by atoms with van der Waals surface area (Å²) in [4.78, 5) is 11.1. The number of aliphatic hydroxyl groups is 1. The maximum absolute atomic E-state index is 11.1. The van der Waals surface area contributed by atoms with Crippen molar-refractivity contribution < 1.29 is 9.90 Å². The van der Waals surface area contributed by atoms with Crippen LogP contribution in [0.25, 0.3) is 0 Å². The number of allylic oxidation sites excluding steroid dienone is 1. The quantitative estimate of drug-likeness (QED) is 0.445. The third-order valence-electron chi connectivity index (χ3n) is 2.40. The number of unbranched alkanes of at least 4 members (excludes halogenated alkanes) is 6. The monoisotopic (exact) mass is 227 g/mol. The van der Waals surface area contributed by atoms with E-state index in [9.17, 15) is 4.79 Å². The summed E-state index contributed by atoms with van der Waals surface area (Å²) in [6.45, 7) is 2.55. The molecule has 0 radical (unpaired) electrons. The molecule has 0 heterocycles. The molecule has 3 nitrogen and oxygen atoms in total. The fraction of sp³-hybridized carbons (Fsp3) is 0.769. The molecule has 0 bridgehead atoms. The molecule has 1 amide bonds. The largest absolute Gasteiger partial charge is 0.395 e. The molecule has 0 aliphatic carbocycles. The fourth-order valence-electron chi connectivity index (χ4n) is 1.47. The van der Waals surface area contributed by atoms with Gasteiger partial charge in [-0.05, 0) is 18.9 Å². The van der Waals surface area contributed by atoms with Crippen molar-refractivity contribution in [2.75, 3.05) is 13.2 Å². The van der Waals surface area contributed by atoms with Gasteiger partial charge in [-0.1, -0.05) is 45.1 Å². The van der Waals surface area contributed by atoms with Crippen molar-refractivity contribution in [1.82, 2.24) is 5.32 Å². The molecule has 0 unspecified atom stereocenters. The number of rotatable bonds is 10. The lowest BCUT2D eigenvalue weighted by Crippen LogP contribution is -2.24. The van der Waals surface area contributed by atoms with E-state index in [1.165, 1.54) is 32.1 Å². The van der Waals surface area contributed by atoms with Crippen LogP contribution in [0.4, 0.5) is 0 Å². The number of hydrogen-bond donors (Lipinski definition) is 2. The summed E-state index contributed by atoms with van der Waals surface area (Å²) >= 11 is 0. The molecule has 0 rings (SSSR count). The van der Waals surface area contributed by atoms with Gasteiger partial charge in [0, 0.05) is 6.54 Å². The molecule has 0 aliphatic heterocycles. The molecule has 0 aromatic rings. The van der Waals surface area contributed by atoms with Crippen LogP contribution in [0.2, 0.25) is 0 Å². The number of carbonyl (C=O) groups excluding carboxylic acids is 1. The number of hydrogen-bond acceptors (Lipinski definition) is 2. The third kappa shape index (κ3) is 11.2. The first-order valence-electron chi connectivity index (χ1n) is 6.36. The lowest BCUT2D eigenvalue weighted by molar-refractivity contribution is -0.116. The summed E-state index contributed by atoms with van der Waals surface area (Å²) in [5, 5.41) is 11.1. The van der Waals surface area contributed by atoms with E-state index in [1.807, 2.05) is 6.08 Å². The molecular formula is C13H25NO2. The Kier molecular flexibility index (Phi) is 11.6. The lowest BCUT2D eigenvalue weighted by Gasteiger charge is -1.98. The highest BCUT2D eigenvalue weighted by molar-refractivity contribution is 5.87. The lowest BCUT2D eigenvalue weighted by atomic mass is 10.1. The molecule has 0 saturated carbocycles. The predicted octanol–water partition coefficient (Wildman–Crippen LogP) is 2.40. The predicted molar refractivity (Wildman–Crippen MR) is 67.2 cm³/mol. The van der Waals surface area contributed by atoms with Crippen molar-refractivity contribution in [3.8, 4) is 0 Å². The minimum atomic E-state index is -0.111. The van der Waals surface area contributed by atoms with Gasteiger partial charge in [0.15, 0.2) is 0 Å². The molecule has 0 aromatic carbocycles. The highest BCUT2D eigenvalue weighted by Crippen LogP contribution is 2.06. The van der Waals surface area contributed by atoms with E-state index in [1.54, 1.807) is 6.08 Å². The van der Waals surface area contributed by atoms with Crippen LogP contribution in [-0.2, 0) is 4.79 Å². The number of carbonyl (C=O) groups is 1. The standard InChI is InChI=1S/C13H25NO2/c1-2-3-4-5-6-7-8-9-10-13(16)14-11-12-15/h9-10,15H,2-8,11-12H2,1H3,(H,14,16). The van der Waals surface area contributed by atoms with Gasteiger partial charge in [0.25, 0.3) is 0 Å². The van der Waals surface area contributed by atoms with E-state index in [0.717, 1.165) is 12.8 Å². The van der Waals surface area contributed by atoms with Crippen molar-refractivity contribution in [2.45, 2.75) is 51.9 Å². The first kappa shape index (κ1) is 15.2. The summed E-state index contributed by atoms with van der Waals surface area (Å²) in [6.07, 6.45) is 12.1. The number of amides is 1. The summed E-state index contributed by atoms with van der Waals surface area (Å²) < 4.78 is 0. The van der Waals surface area contributed by atoms with Gasteiger partial charge in [0.2, 0.25) is 5.91 Å². The van der Waals surface area contributed by atoms with Gasteiger partial charge < -0.3 is 10.4 Å². The Hall–Kier alpha value is -0.830. The van der Waals surface area contributed by atoms with Crippen molar-refractivity contribution in [3.63, 3.8) is 0 Å². The Morgan fingerprint density at radius 2 is 1.88 bits per heavy atom. The second-order valence-corrected chi connectivity index (χ2v) is 3.97.